The average molecular weight is 431 g/mol. The van der Waals surface area contributed by atoms with E-state index in [9.17, 15) is 18.6 Å². The van der Waals surface area contributed by atoms with Crippen molar-refractivity contribution in [2.24, 2.45) is 0 Å². The molecule has 0 aromatic heterocycles. The normalized spacial score (nSPS) is 13.4. The molecule has 0 aliphatic carbocycles. The van der Waals surface area contributed by atoms with E-state index < -0.39 is 20.3 Å². The van der Waals surface area contributed by atoms with E-state index in [1.807, 2.05) is 12.1 Å². The van der Waals surface area contributed by atoms with Crippen molar-refractivity contribution in [3.63, 3.8) is 0 Å². The van der Waals surface area contributed by atoms with E-state index in [0.717, 1.165) is 0 Å². The number of phenols is 2. The van der Waals surface area contributed by atoms with Crippen molar-refractivity contribution in [1.82, 2.24) is 0 Å². The fraction of sp³-hybridized carbons (Fsp3) is 0.0769. The Kier molecular flexibility index (Phi) is 5.78. The first-order valence-electron chi connectivity index (χ1n) is 9.88. The minimum Gasteiger partial charge on any atom is -0.508 e. The van der Waals surface area contributed by atoms with E-state index in [1.54, 1.807) is 84.9 Å². The maximum Gasteiger partial charge on any atom is 0.172 e. The molecule has 4 aromatic rings. The van der Waals surface area contributed by atoms with E-state index in [1.165, 1.54) is 12.1 Å². The molecule has 0 fully saturated rings. The Balaban J connectivity index is 2.00. The van der Waals surface area contributed by atoms with E-state index in [2.05, 4.69) is 0 Å². The van der Waals surface area contributed by atoms with Crippen LogP contribution in [0.5, 0.6) is 11.5 Å². The second-order valence-electron chi connectivity index (χ2n) is 7.29. The van der Waals surface area contributed by atoms with E-state index >= 15 is 0 Å². The highest BCUT2D eigenvalue weighted by Crippen LogP contribution is 2.46. The molecule has 4 nitrogen and oxygen atoms in total. The van der Waals surface area contributed by atoms with Crippen molar-refractivity contribution in [2.45, 2.75) is 10.5 Å². The second-order valence-corrected chi connectivity index (χ2v) is 9.41. The number of hydrogen-bond donors (Lipinski definition) is 2. The van der Waals surface area contributed by atoms with Gasteiger partial charge in [0.05, 0.1) is 0 Å². The first-order valence-corrected chi connectivity index (χ1v) is 11.5. The largest absolute Gasteiger partial charge is 0.508 e. The Morgan fingerprint density at radius 2 is 0.806 bits per heavy atom. The number of benzene rings is 4. The lowest BCUT2D eigenvalue weighted by molar-refractivity contribution is 0.465. The molecule has 2 N–H and O–H groups in total. The lowest BCUT2D eigenvalue weighted by Crippen LogP contribution is -2.23. The van der Waals surface area contributed by atoms with Gasteiger partial charge in [-0.15, -0.1) is 0 Å². The van der Waals surface area contributed by atoms with Gasteiger partial charge in [-0.2, -0.15) is 0 Å². The van der Waals surface area contributed by atoms with Crippen molar-refractivity contribution >= 4 is 9.84 Å². The van der Waals surface area contributed by atoms with Crippen LogP contribution in [-0.2, 0) is 9.84 Å². The van der Waals surface area contributed by atoms with Crippen molar-refractivity contribution in [1.29, 1.82) is 0 Å². The maximum atomic E-state index is 14.3. The highest BCUT2D eigenvalue weighted by atomic mass is 32.2. The van der Waals surface area contributed by atoms with E-state index in [0.29, 0.717) is 22.3 Å². The quantitative estimate of drug-likeness (QED) is 0.430. The molecule has 0 amide bonds. The van der Waals surface area contributed by atoms with Crippen LogP contribution in [0.4, 0.5) is 0 Å². The summed E-state index contributed by atoms with van der Waals surface area (Å²) in [5, 5.41) is 18.9. The molecule has 2 unspecified atom stereocenters. The lowest BCUT2D eigenvalue weighted by Gasteiger charge is -2.27. The van der Waals surface area contributed by atoms with Crippen LogP contribution in [0.25, 0.3) is 0 Å². The summed E-state index contributed by atoms with van der Waals surface area (Å²) in [5.74, 6) is -0.187. The van der Waals surface area contributed by atoms with Crippen LogP contribution in [0.2, 0.25) is 0 Å². The zero-order valence-electron chi connectivity index (χ0n) is 16.7. The molecule has 0 heterocycles. The van der Waals surface area contributed by atoms with Gasteiger partial charge in [-0.25, -0.2) is 8.42 Å². The van der Waals surface area contributed by atoms with Gasteiger partial charge in [0.2, 0.25) is 0 Å². The minimum absolute atomic E-state index is 0.0935. The molecule has 0 saturated carbocycles. The molecular weight excluding hydrogens is 408 g/mol. The van der Waals surface area contributed by atoms with Crippen molar-refractivity contribution in [3.05, 3.63) is 131 Å². The van der Waals surface area contributed by atoms with Gasteiger partial charge in [0, 0.05) is 11.1 Å². The number of rotatable bonds is 6. The molecule has 0 bridgehead atoms. The molecule has 4 rings (SSSR count). The van der Waals surface area contributed by atoms with Crippen LogP contribution >= 0.6 is 0 Å². The minimum atomic E-state index is -4.04. The summed E-state index contributed by atoms with van der Waals surface area (Å²) in [4.78, 5) is 0. The zero-order valence-corrected chi connectivity index (χ0v) is 17.5. The Morgan fingerprint density at radius 1 is 0.484 bits per heavy atom. The van der Waals surface area contributed by atoms with Crippen LogP contribution in [0, 0.1) is 0 Å². The lowest BCUT2D eigenvalue weighted by atomic mass is 10.0. The molecular formula is C26H22O4S. The summed E-state index contributed by atoms with van der Waals surface area (Å²) < 4.78 is 28.6. The predicted molar refractivity (Wildman–Crippen MR) is 122 cm³/mol. The molecule has 31 heavy (non-hydrogen) atoms. The highest BCUT2D eigenvalue weighted by molar-refractivity contribution is 7.92. The topological polar surface area (TPSA) is 74.6 Å². The van der Waals surface area contributed by atoms with Gasteiger partial charge in [0.15, 0.2) is 9.84 Å². The Labute approximate surface area is 182 Å². The maximum absolute atomic E-state index is 14.3. The van der Waals surface area contributed by atoms with Crippen LogP contribution in [0.1, 0.15) is 32.8 Å². The van der Waals surface area contributed by atoms with Gasteiger partial charge < -0.3 is 10.2 Å². The van der Waals surface area contributed by atoms with Gasteiger partial charge in [-0.05, 0) is 23.3 Å². The first kappa shape index (κ1) is 20.7. The molecule has 5 heteroatoms. The molecule has 4 aromatic carbocycles. The van der Waals surface area contributed by atoms with Gasteiger partial charge in [0.25, 0.3) is 0 Å². The summed E-state index contributed by atoms with van der Waals surface area (Å²) in [6.07, 6.45) is 0. The van der Waals surface area contributed by atoms with Crippen LogP contribution in [-0.4, -0.2) is 18.6 Å². The highest BCUT2D eigenvalue weighted by Gasteiger charge is 2.40. The SMILES string of the molecule is O=S(=O)(C(c1ccccc1)c1ccccc1O)C(c1ccccc1)c1ccccc1O. The number of para-hydroxylation sites is 2. The monoisotopic (exact) mass is 430 g/mol. The summed E-state index contributed by atoms with van der Waals surface area (Å²) in [7, 11) is -4.04. The number of hydrogen-bond acceptors (Lipinski definition) is 4. The van der Waals surface area contributed by atoms with E-state index in [-0.39, 0.29) is 11.5 Å². The third kappa shape index (κ3) is 4.05. The smallest absolute Gasteiger partial charge is 0.172 e. The second kappa shape index (κ2) is 8.66. The third-order valence-corrected chi connectivity index (χ3v) is 7.67. The first-order chi connectivity index (χ1) is 15.0. The van der Waals surface area contributed by atoms with Crippen molar-refractivity contribution < 1.29 is 18.6 Å². The number of phenolic OH excluding ortho intramolecular Hbond substituents is 2. The van der Waals surface area contributed by atoms with Crippen LogP contribution in [0.15, 0.2) is 109 Å². The predicted octanol–water partition coefficient (Wildman–Crippen LogP) is 5.39. The molecule has 2 atom stereocenters. The fourth-order valence-corrected chi connectivity index (χ4v) is 6.35. The van der Waals surface area contributed by atoms with E-state index in [4.69, 9.17) is 0 Å². The third-order valence-electron chi connectivity index (χ3n) is 5.30. The Hall–Kier alpha value is -3.57. The van der Waals surface area contributed by atoms with Gasteiger partial charge in [0.1, 0.15) is 22.0 Å². The fourth-order valence-electron chi connectivity index (χ4n) is 3.90. The molecule has 156 valence electrons. The standard InChI is InChI=1S/C26H22O4S/c27-23-17-9-7-15-21(23)25(19-11-3-1-4-12-19)31(29,30)26(20-13-5-2-6-14-20)22-16-8-10-18-24(22)28/h1-18,25-28H. The summed E-state index contributed by atoms with van der Waals surface area (Å²) in [6, 6.07) is 30.6. The van der Waals surface area contributed by atoms with Crippen molar-refractivity contribution in [2.75, 3.05) is 0 Å². The summed E-state index contributed by atoms with van der Waals surface area (Å²) in [5.41, 5.74) is 1.68. The Bertz CT molecular complexity index is 1170. The summed E-state index contributed by atoms with van der Waals surface area (Å²) >= 11 is 0. The number of sulfone groups is 1. The van der Waals surface area contributed by atoms with Crippen molar-refractivity contribution in [3.8, 4) is 11.5 Å². The number of aromatic hydroxyl groups is 2. The van der Waals surface area contributed by atoms with Crippen LogP contribution in [0.3, 0.4) is 0 Å². The Morgan fingerprint density at radius 3 is 1.16 bits per heavy atom. The summed E-state index contributed by atoms with van der Waals surface area (Å²) in [6.45, 7) is 0. The zero-order chi connectivity index (χ0) is 21.8. The molecule has 0 spiro atoms. The molecule has 0 aliphatic heterocycles. The van der Waals surface area contributed by atoms with Gasteiger partial charge in [-0.3, -0.25) is 0 Å². The van der Waals surface area contributed by atoms with Crippen LogP contribution < -0.4 is 0 Å². The molecule has 0 aliphatic rings. The average Bonchev–Trinajstić information content (AvgIpc) is 2.78. The molecule has 0 saturated heterocycles. The van der Waals surface area contributed by atoms with Gasteiger partial charge >= 0.3 is 0 Å². The molecule has 0 radical (unpaired) electrons. The van der Waals surface area contributed by atoms with Gasteiger partial charge in [-0.1, -0.05) is 97.1 Å².